The van der Waals surface area contributed by atoms with Gasteiger partial charge in [0, 0.05) is 29.6 Å². The highest BCUT2D eigenvalue weighted by Gasteiger charge is 2.29. The highest BCUT2D eigenvalue weighted by Crippen LogP contribution is 2.38. The molecule has 1 aromatic carbocycles. The van der Waals surface area contributed by atoms with E-state index >= 15 is 0 Å². The minimum atomic E-state index is -0.359. The molecule has 1 fully saturated rings. The van der Waals surface area contributed by atoms with E-state index in [-0.39, 0.29) is 23.6 Å². The number of pyridine rings is 1. The molecule has 1 aliphatic rings. The quantitative estimate of drug-likeness (QED) is 0.439. The summed E-state index contributed by atoms with van der Waals surface area (Å²) in [5, 5.41) is 9.54. The van der Waals surface area contributed by atoms with Crippen LogP contribution in [0, 0.1) is 5.92 Å². The topological polar surface area (TPSA) is 102 Å². The van der Waals surface area contributed by atoms with Crippen LogP contribution in [0.5, 0.6) is 0 Å². The number of nitrogens with one attached hydrogen (secondary N) is 2. The first-order valence-corrected chi connectivity index (χ1v) is 11.7. The summed E-state index contributed by atoms with van der Waals surface area (Å²) in [5.74, 6) is 0.711. The highest BCUT2D eigenvalue weighted by molar-refractivity contribution is 7.99. The summed E-state index contributed by atoms with van der Waals surface area (Å²) in [4.78, 5) is 28.7. The Hall–Kier alpha value is -3.20. The van der Waals surface area contributed by atoms with Gasteiger partial charge in [0.1, 0.15) is 0 Å². The van der Waals surface area contributed by atoms with E-state index in [4.69, 9.17) is 0 Å². The van der Waals surface area contributed by atoms with Gasteiger partial charge in [-0.1, -0.05) is 49.7 Å². The molecule has 3 aromatic rings. The summed E-state index contributed by atoms with van der Waals surface area (Å²) in [6.45, 7) is 2.26. The molecule has 1 saturated carbocycles. The first-order valence-electron chi connectivity index (χ1n) is 10.8. The van der Waals surface area contributed by atoms with E-state index in [0.717, 1.165) is 30.7 Å². The fourth-order valence-electron chi connectivity index (χ4n) is 4.00. The number of hydrogen-bond donors (Lipinski definition) is 2. The van der Waals surface area contributed by atoms with Crippen molar-refractivity contribution in [2.75, 3.05) is 5.75 Å². The number of amides is 2. The summed E-state index contributed by atoms with van der Waals surface area (Å²) in [7, 11) is 0. The Morgan fingerprint density at radius 2 is 1.88 bits per heavy atom. The predicted molar refractivity (Wildman–Crippen MR) is 123 cm³/mol. The number of carbonyl (C=O) groups excluding carboxylic acids is 2. The molecule has 4 rings (SSSR count). The van der Waals surface area contributed by atoms with Gasteiger partial charge in [0.05, 0.1) is 5.75 Å². The summed E-state index contributed by atoms with van der Waals surface area (Å²) < 4.78 is 2.17. The van der Waals surface area contributed by atoms with Crippen molar-refractivity contribution in [3.05, 3.63) is 60.4 Å². The Bertz CT molecular complexity index is 1060. The van der Waals surface area contributed by atoms with Crippen molar-refractivity contribution in [2.45, 2.75) is 43.8 Å². The summed E-state index contributed by atoms with van der Waals surface area (Å²) in [6.07, 6.45) is 8.13. The smallest absolute Gasteiger partial charge is 0.269 e. The number of hydrazine groups is 1. The third-order valence-electron chi connectivity index (χ3n) is 5.67. The van der Waals surface area contributed by atoms with Crippen LogP contribution in [0.2, 0.25) is 0 Å². The van der Waals surface area contributed by atoms with E-state index in [2.05, 4.69) is 37.5 Å². The summed E-state index contributed by atoms with van der Waals surface area (Å²) in [5.41, 5.74) is 6.30. The molecule has 0 radical (unpaired) electrons. The lowest BCUT2D eigenvalue weighted by Gasteiger charge is -2.31. The second-order valence-corrected chi connectivity index (χ2v) is 8.85. The van der Waals surface area contributed by atoms with E-state index in [0.29, 0.717) is 16.6 Å². The number of hydrogen-bond acceptors (Lipinski definition) is 6. The molecule has 0 bridgehead atoms. The van der Waals surface area contributed by atoms with E-state index in [1.54, 1.807) is 36.7 Å². The molecule has 9 heteroatoms. The van der Waals surface area contributed by atoms with Crippen LogP contribution >= 0.6 is 11.8 Å². The van der Waals surface area contributed by atoms with Crippen LogP contribution in [0.15, 0.2) is 60.0 Å². The Balaban J connectivity index is 1.45. The van der Waals surface area contributed by atoms with Crippen LogP contribution in [0.4, 0.5) is 0 Å². The predicted octanol–water partition coefficient (Wildman–Crippen LogP) is 3.64. The molecule has 1 aliphatic carbocycles. The minimum absolute atomic E-state index is 0.112. The maximum atomic E-state index is 12.4. The zero-order valence-electron chi connectivity index (χ0n) is 17.9. The molecule has 32 heavy (non-hydrogen) atoms. The maximum Gasteiger partial charge on any atom is 0.269 e. The lowest BCUT2D eigenvalue weighted by Crippen LogP contribution is -2.42. The molecule has 8 nitrogen and oxygen atoms in total. The van der Waals surface area contributed by atoms with Gasteiger partial charge in [-0.3, -0.25) is 30.0 Å². The second kappa shape index (κ2) is 10.4. The van der Waals surface area contributed by atoms with Gasteiger partial charge in [0.15, 0.2) is 11.0 Å². The molecule has 0 saturated heterocycles. The van der Waals surface area contributed by atoms with E-state index in [9.17, 15) is 9.59 Å². The van der Waals surface area contributed by atoms with Crippen molar-refractivity contribution >= 4 is 23.6 Å². The van der Waals surface area contributed by atoms with Gasteiger partial charge in [-0.25, -0.2) is 0 Å². The van der Waals surface area contributed by atoms with Crippen LogP contribution < -0.4 is 10.9 Å². The van der Waals surface area contributed by atoms with Gasteiger partial charge in [0.2, 0.25) is 5.91 Å². The highest BCUT2D eigenvalue weighted by atomic mass is 32.2. The average Bonchev–Trinajstić information content (AvgIpc) is 3.26. The molecule has 0 aliphatic heterocycles. The van der Waals surface area contributed by atoms with Gasteiger partial charge < -0.3 is 0 Å². The number of rotatable bonds is 6. The Morgan fingerprint density at radius 1 is 1.06 bits per heavy atom. The van der Waals surface area contributed by atoms with Crippen molar-refractivity contribution in [1.29, 1.82) is 0 Å². The van der Waals surface area contributed by atoms with E-state index in [1.807, 2.05) is 18.2 Å². The Kier molecular flexibility index (Phi) is 7.16. The van der Waals surface area contributed by atoms with Crippen molar-refractivity contribution in [2.24, 2.45) is 5.92 Å². The normalized spacial score (nSPS) is 18.2. The standard InChI is InChI=1S/C23H26N6O2S/c1-16-8-5-6-12-19(16)29-21(18-11-7-13-24-14-18)26-28-23(29)32-15-20(30)25-27-22(31)17-9-3-2-4-10-17/h2-4,7,9-11,13-14,16,19H,5-6,8,12,15H2,1H3,(H,25,30)(H,27,31)/t16-,19-/m0/s1. The zero-order valence-corrected chi connectivity index (χ0v) is 18.7. The Labute approximate surface area is 191 Å². The van der Waals surface area contributed by atoms with Crippen molar-refractivity contribution in [3.8, 4) is 11.4 Å². The van der Waals surface area contributed by atoms with E-state index in [1.165, 1.54) is 18.2 Å². The monoisotopic (exact) mass is 450 g/mol. The van der Waals surface area contributed by atoms with Crippen molar-refractivity contribution < 1.29 is 9.59 Å². The first kappa shape index (κ1) is 22.0. The molecule has 166 valence electrons. The third-order valence-corrected chi connectivity index (χ3v) is 6.61. The summed E-state index contributed by atoms with van der Waals surface area (Å²) in [6, 6.07) is 12.9. The van der Waals surface area contributed by atoms with Crippen molar-refractivity contribution in [3.63, 3.8) is 0 Å². The molecule has 2 heterocycles. The maximum absolute atomic E-state index is 12.4. The van der Waals surface area contributed by atoms with Crippen LogP contribution in [0.25, 0.3) is 11.4 Å². The number of aromatic nitrogens is 4. The number of benzene rings is 1. The molecule has 2 atom stereocenters. The van der Waals surface area contributed by atoms with Crippen molar-refractivity contribution in [1.82, 2.24) is 30.6 Å². The van der Waals surface area contributed by atoms with Gasteiger partial charge in [-0.2, -0.15) is 0 Å². The minimum Gasteiger partial charge on any atom is -0.299 e. The largest absolute Gasteiger partial charge is 0.299 e. The molecule has 2 N–H and O–H groups in total. The fourth-order valence-corrected chi connectivity index (χ4v) is 4.79. The molecular weight excluding hydrogens is 424 g/mol. The molecule has 0 unspecified atom stereocenters. The van der Waals surface area contributed by atoms with Gasteiger partial charge in [-0.05, 0) is 43.0 Å². The zero-order chi connectivity index (χ0) is 22.3. The molecular formula is C23H26N6O2S. The lowest BCUT2D eigenvalue weighted by atomic mass is 9.85. The lowest BCUT2D eigenvalue weighted by molar-refractivity contribution is -0.119. The van der Waals surface area contributed by atoms with Crippen LogP contribution in [0.3, 0.4) is 0 Å². The molecule has 2 amide bonds. The first-order chi connectivity index (χ1) is 15.6. The van der Waals surface area contributed by atoms with E-state index < -0.39 is 0 Å². The third kappa shape index (κ3) is 5.16. The Morgan fingerprint density at radius 3 is 2.62 bits per heavy atom. The number of carbonyl (C=O) groups is 2. The van der Waals surface area contributed by atoms with Gasteiger partial charge >= 0.3 is 0 Å². The number of nitrogens with zero attached hydrogens (tertiary/aromatic N) is 4. The van der Waals surface area contributed by atoms with Crippen LogP contribution in [-0.4, -0.2) is 37.3 Å². The molecule has 2 aromatic heterocycles. The SMILES string of the molecule is C[C@H]1CCCC[C@@H]1n1c(SCC(=O)NNC(=O)c2ccccc2)nnc1-c1cccnc1. The second-order valence-electron chi connectivity index (χ2n) is 7.90. The number of thioether (sulfide) groups is 1. The molecule has 0 spiro atoms. The van der Waals surface area contributed by atoms with Gasteiger partial charge in [-0.15, -0.1) is 10.2 Å². The van der Waals surface area contributed by atoms with Gasteiger partial charge in [0.25, 0.3) is 5.91 Å². The fraction of sp³-hybridized carbons (Fsp3) is 0.348. The summed E-state index contributed by atoms with van der Waals surface area (Å²) >= 11 is 1.32. The average molecular weight is 451 g/mol. The van der Waals surface area contributed by atoms with Crippen LogP contribution in [-0.2, 0) is 4.79 Å². The van der Waals surface area contributed by atoms with Crippen LogP contribution in [0.1, 0.15) is 49.0 Å².